The molecular formula is C23H33N3O3. The molecule has 0 amide bonds. The smallest absolute Gasteiger partial charge is 0.194 e. The van der Waals surface area contributed by atoms with Crippen LogP contribution in [0, 0.1) is 13.8 Å². The van der Waals surface area contributed by atoms with E-state index in [9.17, 15) is 5.11 Å². The van der Waals surface area contributed by atoms with E-state index >= 15 is 0 Å². The summed E-state index contributed by atoms with van der Waals surface area (Å²) in [7, 11) is 5.26. The van der Waals surface area contributed by atoms with Gasteiger partial charge in [-0.3, -0.25) is 4.99 Å². The van der Waals surface area contributed by atoms with Crippen LogP contribution in [0.3, 0.4) is 0 Å². The molecule has 2 N–H and O–H groups in total. The number of hydrogen-bond donors (Lipinski definition) is 2. The number of aliphatic hydroxyl groups excluding tert-OH is 1. The van der Waals surface area contributed by atoms with Gasteiger partial charge in [0.15, 0.2) is 17.5 Å². The van der Waals surface area contributed by atoms with Crippen LogP contribution in [0.15, 0.2) is 41.4 Å². The standard InChI is InChI=1S/C23H33N3O3/c1-7-24-23(25-14-20(27)18-10-8-16(2)9-11-18)26(4)15-19-13-22(29-6)21(28-5)12-17(19)3/h8-13,20,27H,7,14-15H2,1-6H3,(H,24,25). The van der Waals surface area contributed by atoms with Crippen molar-refractivity contribution in [3.63, 3.8) is 0 Å². The summed E-state index contributed by atoms with van der Waals surface area (Å²) in [6.45, 7) is 7.80. The fraction of sp³-hybridized carbons (Fsp3) is 0.435. The summed E-state index contributed by atoms with van der Waals surface area (Å²) >= 11 is 0. The molecule has 0 aromatic heterocycles. The highest BCUT2D eigenvalue weighted by atomic mass is 16.5. The van der Waals surface area contributed by atoms with Crippen LogP contribution >= 0.6 is 0 Å². The van der Waals surface area contributed by atoms with Gasteiger partial charge < -0.3 is 24.8 Å². The maximum atomic E-state index is 10.5. The number of guanidine groups is 1. The summed E-state index contributed by atoms with van der Waals surface area (Å²) in [6.07, 6.45) is -0.638. The van der Waals surface area contributed by atoms with E-state index in [1.54, 1.807) is 14.2 Å². The van der Waals surface area contributed by atoms with Gasteiger partial charge in [0.2, 0.25) is 0 Å². The molecule has 0 radical (unpaired) electrons. The molecule has 0 heterocycles. The first-order valence-corrected chi connectivity index (χ1v) is 9.85. The Morgan fingerprint density at radius 2 is 1.72 bits per heavy atom. The van der Waals surface area contributed by atoms with Gasteiger partial charge in [-0.05, 0) is 49.6 Å². The molecule has 29 heavy (non-hydrogen) atoms. The Balaban J connectivity index is 2.15. The van der Waals surface area contributed by atoms with E-state index in [1.165, 1.54) is 5.56 Å². The average Bonchev–Trinajstić information content (AvgIpc) is 2.72. The number of ether oxygens (including phenoxy) is 2. The minimum atomic E-state index is -0.638. The topological polar surface area (TPSA) is 66.3 Å². The molecule has 0 aliphatic heterocycles. The van der Waals surface area contributed by atoms with E-state index < -0.39 is 6.10 Å². The largest absolute Gasteiger partial charge is 0.493 e. The number of nitrogens with one attached hydrogen (secondary N) is 1. The van der Waals surface area contributed by atoms with Crippen LogP contribution in [0.5, 0.6) is 11.5 Å². The Kier molecular flexibility index (Phi) is 8.34. The molecule has 158 valence electrons. The van der Waals surface area contributed by atoms with E-state index in [2.05, 4.69) is 17.2 Å². The number of aryl methyl sites for hydroxylation is 2. The summed E-state index contributed by atoms with van der Waals surface area (Å²) in [6, 6.07) is 11.9. The number of rotatable bonds is 8. The van der Waals surface area contributed by atoms with Gasteiger partial charge >= 0.3 is 0 Å². The summed E-state index contributed by atoms with van der Waals surface area (Å²) in [4.78, 5) is 6.68. The van der Waals surface area contributed by atoms with Gasteiger partial charge in [0.25, 0.3) is 0 Å². The van der Waals surface area contributed by atoms with Crippen molar-refractivity contribution in [2.24, 2.45) is 4.99 Å². The fourth-order valence-corrected chi connectivity index (χ4v) is 3.06. The third kappa shape index (κ3) is 6.12. The predicted octanol–water partition coefficient (Wildman–Crippen LogP) is 3.45. The van der Waals surface area contributed by atoms with Gasteiger partial charge in [0.05, 0.1) is 26.9 Å². The highest BCUT2D eigenvalue weighted by molar-refractivity contribution is 5.79. The fourth-order valence-electron chi connectivity index (χ4n) is 3.06. The molecule has 0 saturated carbocycles. The number of nitrogens with zero attached hydrogens (tertiary/aromatic N) is 2. The summed E-state index contributed by atoms with van der Waals surface area (Å²) in [5.74, 6) is 2.17. The Morgan fingerprint density at radius 3 is 2.31 bits per heavy atom. The lowest BCUT2D eigenvalue weighted by atomic mass is 10.1. The van der Waals surface area contributed by atoms with Gasteiger partial charge in [0.1, 0.15) is 0 Å². The molecule has 6 heteroatoms. The Hall–Kier alpha value is -2.73. The number of methoxy groups -OCH3 is 2. The monoisotopic (exact) mass is 399 g/mol. The maximum Gasteiger partial charge on any atom is 0.194 e. The zero-order valence-corrected chi connectivity index (χ0v) is 18.3. The molecule has 0 fully saturated rings. The highest BCUT2D eigenvalue weighted by Gasteiger charge is 2.14. The summed E-state index contributed by atoms with van der Waals surface area (Å²) in [5.41, 5.74) is 4.27. The van der Waals surface area contributed by atoms with Crippen molar-refractivity contribution < 1.29 is 14.6 Å². The van der Waals surface area contributed by atoms with Crippen LogP contribution in [0.4, 0.5) is 0 Å². The molecule has 0 aliphatic carbocycles. The van der Waals surface area contributed by atoms with Crippen LogP contribution in [0.2, 0.25) is 0 Å². The second kappa shape index (κ2) is 10.7. The average molecular weight is 400 g/mol. The molecule has 0 aliphatic rings. The van der Waals surface area contributed by atoms with Gasteiger partial charge in [-0.1, -0.05) is 29.8 Å². The van der Waals surface area contributed by atoms with E-state index in [1.807, 2.05) is 62.2 Å². The third-order valence-corrected chi connectivity index (χ3v) is 4.82. The van der Waals surface area contributed by atoms with Crippen molar-refractivity contribution in [2.45, 2.75) is 33.4 Å². The van der Waals surface area contributed by atoms with E-state index in [-0.39, 0.29) is 0 Å². The quantitative estimate of drug-likeness (QED) is 0.526. The van der Waals surface area contributed by atoms with Crippen LogP contribution in [0.1, 0.15) is 35.3 Å². The second-order valence-corrected chi connectivity index (χ2v) is 7.11. The highest BCUT2D eigenvalue weighted by Crippen LogP contribution is 2.30. The molecule has 2 aromatic rings. The molecule has 0 bridgehead atoms. The number of hydrogen-bond acceptors (Lipinski definition) is 4. The molecule has 6 nitrogen and oxygen atoms in total. The van der Waals surface area contributed by atoms with Crippen LogP contribution < -0.4 is 14.8 Å². The lowest BCUT2D eigenvalue weighted by Gasteiger charge is -2.24. The molecule has 0 spiro atoms. The lowest BCUT2D eigenvalue weighted by Crippen LogP contribution is -2.39. The van der Waals surface area contributed by atoms with Crippen LogP contribution in [-0.4, -0.2) is 50.3 Å². The van der Waals surface area contributed by atoms with Crippen molar-refractivity contribution in [2.75, 3.05) is 34.4 Å². The Labute approximate surface area is 174 Å². The zero-order chi connectivity index (χ0) is 21.4. The first-order chi connectivity index (χ1) is 13.9. The normalized spacial score (nSPS) is 12.4. The van der Waals surface area contributed by atoms with Gasteiger partial charge in [-0.2, -0.15) is 0 Å². The number of aliphatic imine (C=N–C) groups is 1. The summed E-state index contributed by atoms with van der Waals surface area (Å²) < 4.78 is 10.8. The number of benzene rings is 2. The molecule has 2 rings (SSSR count). The zero-order valence-electron chi connectivity index (χ0n) is 18.3. The predicted molar refractivity (Wildman–Crippen MR) is 118 cm³/mol. The minimum absolute atomic E-state index is 0.292. The van der Waals surface area contributed by atoms with Crippen molar-refractivity contribution in [1.29, 1.82) is 0 Å². The van der Waals surface area contributed by atoms with E-state index in [0.717, 1.165) is 34.9 Å². The molecular weight excluding hydrogens is 366 g/mol. The Morgan fingerprint density at radius 1 is 1.10 bits per heavy atom. The van der Waals surface area contributed by atoms with Crippen molar-refractivity contribution in [3.05, 3.63) is 58.7 Å². The van der Waals surface area contributed by atoms with Gasteiger partial charge in [0, 0.05) is 20.1 Å². The first-order valence-electron chi connectivity index (χ1n) is 9.85. The van der Waals surface area contributed by atoms with Crippen molar-refractivity contribution in [3.8, 4) is 11.5 Å². The molecule has 1 atom stereocenters. The number of aliphatic hydroxyl groups is 1. The van der Waals surface area contributed by atoms with Crippen molar-refractivity contribution >= 4 is 5.96 Å². The summed E-state index contributed by atoms with van der Waals surface area (Å²) in [5, 5.41) is 13.8. The van der Waals surface area contributed by atoms with Gasteiger partial charge in [-0.25, -0.2) is 0 Å². The molecule has 1 unspecified atom stereocenters. The van der Waals surface area contributed by atoms with E-state index in [4.69, 9.17) is 9.47 Å². The van der Waals surface area contributed by atoms with Crippen LogP contribution in [0.25, 0.3) is 0 Å². The SMILES string of the molecule is CCNC(=NCC(O)c1ccc(C)cc1)N(C)Cc1cc(OC)c(OC)cc1C. The molecule has 0 saturated heterocycles. The second-order valence-electron chi connectivity index (χ2n) is 7.11. The van der Waals surface area contributed by atoms with Crippen molar-refractivity contribution in [1.82, 2.24) is 10.2 Å². The Bertz CT molecular complexity index is 819. The van der Waals surface area contributed by atoms with E-state index in [0.29, 0.717) is 18.8 Å². The van der Waals surface area contributed by atoms with Gasteiger partial charge in [-0.15, -0.1) is 0 Å². The molecule has 2 aromatic carbocycles. The first kappa shape index (κ1) is 22.6. The van der Waals surface area contributed by atoms with Crippen LogP contribution in [-0.2, 0) is 6.54 Å². The lowest BCUT2D eigenvalue weighted by molar-refractivity contribution is 0.186. The maximum absolute atomic E-state index is 10.5. The third-order valence-electron chi connectivity index (χ3n) is 4.82. The minimum Gasteiger partial charge on any atom is -0.493 e.